The molecule has 1 aliphatic heterocycles. The summed E-state index contributed by atoms with van der Waals surface area (Å²) in [4.78, 5) is 17.9. The van der Waals surface area contributed by atoms with Crippen LogP contribution in [0.3, 0.4) is 0 Å². The van der Waals surface area contributed by atoms with Gasteiger partial charge in [0, 0.05) is 37.4 Å². The van der Waals surface area contributed by atoms with Crippen LogP contribution in [0.25, 0.3) is 0 Å². The molecular formula is C25H35N3O2. The van der Waals surface area contributed by atoms with Crippen LogP contribution in [0.4, 0.5) is 10.5 Å². The van der Waals surface area contributed by atoms with Crippen LogP contribution in [0.5, 0.6) is 5.75 Å². The van der Waals surface area contributed by atoms with Gasteiger partial charge in [0.05, 0.1) is 0 Å². The third kappa shape index (κ3) is 5.76. The smallest absolute Gasteiger partial charge is 0.322 e. The number of hydrogen-bond acceptors (Lipinski definition) is 3. The Morgan fingerprint density at radius 1 is 1.20 bits per heavy atom. The van der Waals surface area contributed by atoms with Crippen LogP contribution >= 0.6 is 0 Å². The van der Waals surface area contributed by atoms with E-state index < -0.39 is 0 Å². The minimum atomic E-state index is -0.0762. The average Bonchev–Trinajstić information content (AvgIpc) is 2.75. The van der Waals surface area contributed by atoms with Crippen molar-refractivity contribution in [1.82, 2.24) is 9.80 Å². The van der Waals surface area contributed by atoms with Crippen LogP contribution in [0.1, 0.15) is 50.7 Å². The highest BCUT2D eigenvalue weighted by Gasteiger charge is 2.29. The fourth-order valence-electron chi connectivity index (χ4n) is 4.36. The molecule has 0 aliphatic carbocycles. The maximum Gasteiger partial charge on any atom is 0.322 e. The maximum atomic E-state index is 13.3. The van der Waals surface area contributed by atoms with Crippen molar-refractivity contribution in [1.29, 1.82) is 0 Å². The van der Waals surface area contributed by atoms with E-state index in [4.69, 9.17) is 0 Å². The lowest BCUT2D eigenvalue weighted by Crippen LogP contribution is -2.50. The summed E-state index contributed by atoms with van der Waals surface area (Å²) in [5, 5.41) is 12.7. The van der Waals surface area contributed by atoms with Crippen molar-refractivity contribution in [2.45, 2.75) is 65.1 Å². The molecule has 2 N–H and O–H groups in total. The number of carbonyl (C=O) groups is 1. The fraction of sp³-hybridized carbons (Fsp3) is 0.480. The topological polar surface area (TPSA) is 55.8 Å². The summed E-state index contributed by atoms with van der Waals surface area (Å²) in [6.45, 7) is 9.10. The van der Waals surface area contributed by atoms with Gasteiger partial charge in [0.1, 0.15) is 5.75 Å². The first kappa shape index (κ1) is 22.2. The van der Waals surface area contributed by atoms with E-state index in [0.717, 1.165) is 42.7 Å². The summed E-state index contributed by atoms with van der Waals surface area (Å²) < 4.78 is 0. The summed E-state index contributed by atoms with van der Waals surface area (Å²) in [6.07, 6.45) is 4.40. The van der Waals surface area contributed by atoms with Crippen molar-refractivity contribution in [3.05, 3.63) is 59.7 Å². The molecule has 1 unspecified atom stereocenters. The summed E-state index contributed by atoms with van der Waals surface area (Å²) in [7, 11) is 0. The lowest BCUT2D eigenvalue weighted by atomic mass is 10.00. The molecule has 30 heavy (non-hydrogen) atoms. The van der Waals surface area contributed by atoms with Gasteiger partial charge in [-0.05, 0) is 62.4 Å². The normalized spacial score (nSPS) is 16.2. The van der Waals surface area contributed by atoms with Gasteiger partial charge in [-0.2, -0.15) is 0 Å². The Kier molecular flexibility index (Phi) is 7.75. The minimum Gasteiger partial charge on any atom is -0.508 e. The molecule has 1 saturated heterocycles. The second-order valence-electron chi connectivity index (χ2n) is 8.45. The van der Waals surface area contributed by atoms with Gasteiger partial charge in [-0.3, -0.25) is 0 Å². The van der Waals surface area contributed by atoms with Crippen LogP contribution in [0.15, 0.2) is 48.5 Å². The molecule has 0 spiro atoms. The SMILES string of the molecule is CCCC(C)N1CCC(N(Cc2ccccc2)C(=O)Nc2ccc(O)cc2C)CC1. The molecule has 2 amide bonds. The Morgan fingerprint density at radius 2 is 1.90 bits per heavy atom. The molecule has 0 aromatic heterocycles. The Hall–Kier alpha value is -2.53. The number of rotatable bonds is 7. The maximum absolute atomic E-state index is 13.3. The van der Waals surface area contributed by atoms with E-state index in [0.29, 0.717) is 12.6 Å². The number of nitrogens with one attached hydrogen (secondary N) is 1. The van der Waals surface area contributed by atoms with Crippen LogP contribution in [-0.4, -0.2) is 46.1 Å². The highest BCUT2D eigenvalue weighted by atomic mass is 16.3. The predicted molar refractivity (Wildman–Crippen MR) is 123 cm³/mol. The number of nitrogens with zero attached hydrogens (tertiary/aromatic N) is 2. The van der Waals surface area contributed by atoms with Gasteiger partial charge in [-0.25, -0.2) is 4.79 Å². The number of aromatic hydroxyl groups is 1. The zero-order chi connectivity index (χ0) is 21.5. The van der Waals surface area contributed by atoms with Crippen molar-refractivity contribution in [3.8, 4) is 5.75 Å². The highest BCUT2D eigenvalue weighted by Crippen LogP contribution is 2.25. The summed E-state index contributed by atoms with van der Waals surface area (Å²) in [6, 6.07) is 16.0. The molecule has 162 valence electrons. The molecule has 0 radical (unpaired) electrons. The van der Waals surface area contributed by atoms with E-state index in [2.05, 4.69) is 36.2 Å². The Morgan fingerprint density at radius 3 is 2.53 bits per heavy atom. The van der Waals surface area contributed by atoms with E-state index >= 15 is 0 Å². The van der Waals surface area contributed by atoms with E-state index in [1.807, 2.05) is 30.0 Å². The van der Waals surface area contributed by atoms with Gasteiger partial charge in [-0.1, -0.05) is 43.7 Å². The van der Waals surface area contributed by atoms with Crippen molar-refractivity contribution in [3.63, 3.8) is 0 Å². The first-order valence-corrected chi connectivity index (χ1v) is 11.1. The van der Waals surface area contributed by atoms with Crippen LogP contribution in [0, 0.1) is 6.92 Å². The number of urea groups is 1. The van der Waals surface area contributed by atoms with E-state index in [1.165, 1.54) is 12.8 Å². The molecule has 0 bridgehead atoms. The molecular weight excluding hydrogens is 374 g/mol. The Bertz CT molecular complexity index is 816. The van der Waals surface area contributed by atoms with Gasteiger partial charge in [0.2, 0.25) is 0 Å². The van der Waals surface area contributed by atoms with Crippen molar-refractivity contribution >= 4 is 11.7 Å². The van der Waals surface area contributed by atoms with Crippen LogP contribution in [0.2, 0.25) is 0 Å². The van der Waals surface area contributed by atoms with Crippen LogP contribution in [-0.2, 0) is 6.54 Å². The van der Waals surface area contributed by atoms with Gasteiger partial charge in [0.25, 0.3) is 0 Å². The number of phenolic OH excluding ortho intramolecular Hbond substituents is 1. The third-order valence-corrected chi connectivity index (χ3v) is 6.18. The van der Waals surface area contributed by atoms with Gasteiger partial charge < -0.3 is 20.2 Å². The first-order valence-electron chi connectivity index (χ1n) is 11.1. The number of benzene rings is 2. The molecule has 1 heterocycles. The molecule has 2 aromatic rings. The average molecular weight is 410 g/mol. The third-order valence-electron chi connectivity index (χ3n) is 6.18. The van der Waals surface area contributed by atoms with Crippen LogP contribution < -0.4 is 5.32 Å². The molecule has 2 aromatic carbocycles. The Balaban J connectivity index is 1.73. The summed E-state index contributed by atoms with van der Waals surface area (Å²) in [5.74, 6) is 0.209. The number of hydrogen-bond donors (Lipinski definition) is 2. The monoisotopic (exact) mass is 409 g/mol. The molecule has 5 nitrogen and oxygen atoms in total. The zero-order valence-electron chi connectivity index (χ0n) is 18.5. The number of carbonyl (C=O) groups excluding carboxylic acids is 1. The lowest BCUT2D eigenvalue weighted by Gasteiger charge is -2.40. The molecule has 3 rings (SSSR count). The number of phenols is 1. The molecule has 5 heteroatoms. The molecule has 1 aliphatic rings. The number of piperidine rings is 1. The van der Waals surface area contributed by atoms with E-state index in [1.54, 1.807) is 18.2 Å². The van der Waals surface area contributed by atoms with Gasteiger partial charge in [-0.15, -0.1) is 0 Å². The van der Waals surface area contributed by atoms with Crippen molar-refractivity contribution in [2.24, 2.45) is 0 Å². The zero-order valence-corrected chi connectivity index (χ0v) is 18.5. The highest BCUT2D eigenvalue weighted by molar-refractivity contribution is 5.90. The standard InChI is InChI=1S/C25H35N3O2/c1-4-8-20(3)27-15-13-22(14-16-27)28(18-21-9-6-5-7-10-21)25(30)26-24-12-11-23(29)17-19(24)2/h5-7,9-12,17,20,22,29H,4,8,13-16,18H2,1-3H3,(H,26,30). The second kappa shape index (κ2) is 10.5. The van der Waals surface area contributed by atoms with Gasteiger partial charge >= 0.3 is 6.03 Å². The lowest BCUT2D eigenvalue weighted by molar-refractivity contribution is 0.0989. The fourth-order valence-corrected chi connectivity index (χ4v) is 4.36. The van der Waals surface area contributed by atoms with E-state index in [-0.39, 0.29) is 17.8 Å². The largest absolute Gasteiger partial charge is 0.508 e. The van der Waals surface area contributed by atoms with Crippen molar-refractivity contribution < 1.29 is 9.90 Å². The van der Waals surface area contributed by atoms with Gasteiger partial charge in [0.15, 0.2) is 0 Å². The molecule has 1 fully saturated rings. The Labute approximate surface area is 180 Å². The summed E-state index contributed by atoms with van der Waals surface area (Å²) in [5.41, 5.74) is 2.73. The van der Waals surface area contributed by atoms with E-state index in [9.17, 15) is 9.90 Å². The van der Waals surface area contributed by atoms with Crippen molar-refractivity contribution in [2.75, 3.05) is 18.4 Å². The number of amides is 2. The minimum absolute atomic E-state index is 0.0762. The second-order valence-corrected chi connectivity index (χ2v) is 8.45. The molecule has 1 atom stereocenters. The quantitative estimate of drug-likeness (QED) is 0.603. The molecule has 0 saturated carbocycles. The predicted octanol–water partition coefficient (Wildman–Crippen LogP) is 5.39. The first-order chi connectivity index (χ1) is 14.5. The number of likely N-dealkylation sites (tertiary alicyclic amines) is 1. The summed E-state index contributed by atoms with van der Waals surface area (Å²) >= 11 is 0. The number of aryl methyl sites for hydroxylation is 1. The number of anilines is 1.